The van der Waals surface area contributed by atoms with E-state index in [1.54, 1.807) is 51.1 Å². The molecule has 0 atom stereocenters. The van der Waals surface area contributed by atoms with Crippen LogP contribution in [0.2, 0.25) is 0 Å². The van der Waals surface area contributed by atoms with Gasteiger partial charge in [-0.2, -0.15) is 0 Å². The van der Waals surface area contributed by atoms with E-state index in [0.29, 0.717) is 11.5 Å². The zero-order valence-corrected chi connectivity index (χ0v) is 11.4. The molecule has 0 saturated carbocycles. The average molecular weight is 272 g/mol. The number of hydrogen-bond acceptors (Lipinski definition) is 4. The lowest BCUT2D eigenvalue weighted by atomic mass is 10.3. The first-order chi connectivity index (χ1) is 9.83. The summed E-state index contributed by atoms with van der Waals surface area (Å²) in [6.07, 6.45) is 10.4. The number of ether oxygens (including phenoxy) is 2. The fourth-order valence-electron chi connectivity index (χ4n) is 1.59. The number of hydrogen-bond donors (Lipinski definition) is 0. The minimum atomic E-state index is 0.590. The molecule has 0 aromatic carbocycles. The van der Waals surface area contributed by atoms with Crippen molar-refractivity contribution in [2.75, 3.05) is 14.2 Å². The molecule has 0 spiro atoms. The molecule has 2 heterocycles. The highest BCUT2D eigenvalue weighted by Gasteiger charge is 2.02. The third-order valence-electron chi connectivity index (χ3n) is 2.57. The largest absolute Gasteiger partial charge is 0.493 e. The summed E-state index contributed by atoms with van der Waals surface area (Å²) in [5.41, 5.74) is 0. The average Bonchev–Trinajstić information content (AvgIpc) is 3.15. The Morgan fingerprint density at radius 2 is 1.30 bits per heavy atom. The highest BCUT2D eigenvalue weighted by molar-refractivity contribution is 5.51. The molecule has 0 aliphatic rings. The van der Waals surface area contributed by atoms with E-state index >= 15 is 0 Å². The monoisotopic (exact) mass is 272 g/mol. The Bertz CT molecular complexity index is 532. The molecule has 0 amide bonds. The third-order valence-corrected chi connectivity index (χ3v) is 2.57. The molecule has 20 heavy (non-hydrogen) atoms. The summed E-state index contributed by atoms with van der Waals surface area (Å²) in [6.45, 7) is 0. The summed E-state index contributed by atoms with van der Waals surface area (Å²) < 4.78 is 21.1. The second kappa shape index (κ2) is 7.09. The topological polar surface area (TPSA) is 44.7 Å². The van der Waals surface area contributed by atoms with Crippen molar-refractivity contribution >= 4 is 12.2 Å². The van der Waals surface area contributed by atoms with Gasteiger partial charge in [0.1, 0.15) is 11.5 Å². The lowest BCUT2D eigenvalue weighted by molar-refractivity contribution is 0.242. The molecule has 4 nitrogen and oxygen atoms in total. The van der Waals surface area contributed by atoms with Crippen molar-refractivity contribution in [2.45, 2.75) is 0 Å². The van der Waals surface area contributed by atoms with Gasteiger partial charge >= 0.3 is 0 Å². The first-order valence-corrected chi connectivity index (χ1v) is 6.09. The van der Waals surface area contributed by atoms with Crippen molar-refractivity contribution in [1.29, 1.82) is 0 Å². The van der Waals surface area contributed by atoms with E-state index in [-0.39, 0.29) is 0 Å². The standard InChI is InChI=1S/C16H16O4/c1-17-15(9-7-13-5-3-11-19-13)16(18-2)10-8-14-6-4-12-20-14/h3-12H,1-2H3. The molecule has 0 fully saturated rings. The van der Waals surface area contributed by atoms with Gasteiger partial charge in [-0.3, -0.25) is 0 Å². The molecule has 2 aromatic rings. The van der Waals surface area contributed by atoms with Crippen molar-refractivity contribution < 1.29 is 18.3 Å². The third kappa shape index (κ3) is 3.68. The molecular formula is C16H16O4. The molecule has 104 valence electrons. The van der Waals surface area contributed by atoms with Crippen LogP contribution in [-0.2, 0) is 9.47 Å². The van der Waals surface area contributed by atoms with Gasteiger partial charge < -0.3 is 18.3 Å². The number of rotatable bonds is 6. The van der Waals surface area contributed by atoms with Crippen LogP contribution in [0.25, 0.3) is 12.2 Å². The maximum Gasteiger partial charge on any atom is 0.160 e. The van der Waals surface area contributed by atoms with Gasteiger partial charge in [-0.15, -0.1) is 0 Å². The van der Waals surface area contributed by atoms with Crippen molar-refractivity contribution in [2.24, 2.45) is 0 Å². The van der Waals surface area contributed by atoms with Crippen LogP contribution in [0.4, 0.5) is 0 Å². The lowest BCUT2D eigenvalue weighted by Crippen LogP contribution is -1.92. The first kappa shape index (κ1) is 13.8. The number of furan rings is 2. The number of allylic oxidation sites excluding steroid dienone is 2. The van der Waals surface area contributed by atoms with Gasteiger partial charge in [0, 0.05) is 0 Å². The molecule has 0 aliphatic carbocycles. The molecule has 0 bridgehead atoms. The van der Waals surface area contributed by atoms with Crippen LogP contribution in [-0.4, -0.2) is 14.2 Å². The molecule has 0 N–H and O–H groups in total. The quantitative estimate of drug-likeness (QED) is 0.586. The van der Waals surface area contributed by atoms with Gasteiger partial charge in [0.2, 0.25) is 0 Å². The minimum Gasteiger partial charge on any atom is -0.493 e. The van der Waals surface area contributed by atoms with Crippen LogP contribution >= 0.6 is 0 Å². The normalized spacial score (nSPS) is 12.9. The van der Waals surface area contributed by atoms with E-state index < -0.39 is 0 Å². The molecule has 0 saturated heterocycles. The van der Waals surface area contributed by atoms with Crippen LogP contribution in [0.1, 0.15) is 11.5 Å². The molecule has 0 unspecified atom stereocenters. The predicted octanol–water partition coefficient (Wildman–Crippen LogP) is 4.10. The van der Waals surface area contributed by atoms with Crippen LogP contribution < -0.4 is 0 Å². The lowest BCUT2D eigenvalue weighted by Gasteiger charge is -2.06. The van der Waals surface area contributed by atoms with Crippen molar-refractivity contribution in [3.05, 3.63) is 72.0 Å². The second-order valence-corrected chi connectivity index (χ2v) is 3.83. The summed E-state index contributed by atoms with van der Waals surface area (Å²) in [6, 6.07) is 7.36. The van der Waals surface area contributed by atoms with Gasteiger partial charge in [0.25, 0.3) is 0 Å². The van der Waals surface area contributed by atoms with Gasteiger partial charge in [0.05, 0.1) is 26.7 Å². The summed E-state index contributed by atoms with van der Waals surface area (Å²) in [4.78, 5) is 0. The Morgan fingerprint density at radius 1 is 0.850 bits per heavy atom. The van der Waals surface area contributed by atoms with Crippen LogP contribution in [0, 0.1) is 0 Å². The molecule has 4 heteroatoms. The smallest absolute Gasteiger partial charge is 0.160 e. The SMILES string of the molecule is COC(C=Cc1ccco1)=C(C=Cc1ccco1)OC. The zero-order valence-electron chi connectivity index (χ0n) is 11.4. The van der Waals surface area contributed by atoms with Gasteiger partial charge in [0.15, 0.2) is 11.5 Å². The van der Waals surface area contributed by atoms with Crippen LogP contribution in [0.5, 0.6) is 0 Å². The Hall–Kier alpha value is -2.62. The minimum absolute atomic E-state index is 0.590. The second-order valence-electron chi connectivity index (χ2n) is 3.83. The molecule has 2 rings (SSSR count). The molecule has 2 aromatic heterocycles. The van der Waals surface area contributed by atoms with Gasteiger partial charge in [-0.25, -0.2) is 0 Å². The van der Waals surface area contributed by atoms with Crippen LogP contribution in [0.3, 0.4) is 0 Å². The van der Waals surface area contributed by atoms with Crippen LogP contribution in [0.15, 0.2) is 69.3 Å². The van der Waals surface area contributed by atoms with E-state index in [0.717, 1.165) is 11.5 Å². The Morgan fingerprint density at radius 3 is 1.60 bits per heavy atom. The fraction of sp³-hybridized carbons (Fsp3) is 0.125. The fourth-order valence-corrected chi connectivity index (χ4v) is 1.59. The maximum absolute atomic E-state index is 5.32. The van der Waals surface area contributed by atoms with E-state index in [9.17, 15) is 0 Å². The Labute approximate surface area is 117 Å². The van der Waals surface area contributed by atoms with E-state index in [4.69, 9.17) is 18.3 Å². The highest BCUT2D eigenvalue weighted by Crippen LogP contribution is 2.14. The first-order valence-electron chi connectivity index (χ1n) is 6.09. The molecule has 0 aliphatic heterocycles. The summed E-state index contributed by atoms with van der Waals surface area (Å²) in [7, 11) is 3.17. The Balaban J connectivity index is 2.19. The number of methoxy groups -OCH3 is 2. The van der Waals surface area contributed by atoms with Gasteiger partial charge in [-0.1, -0.05) is 0 Å². The predicted molar refractivity (Wildman–Crippen MR) is 76.5 cm³/mol. The van der Waals surface area contributed by atoms with Gasteiger partial charge in [-0.05, 0) is 48.6 Å². The zero-order chi connectivity index (χ0) is 14.2. The maximum atomic E-state index is 5.32. The van der Waals surface area contributed by atoms with E-state index in [2.05, 4.69) is 0 Å². The highest BCUT2D eigenvalue weighted by atomic mass is 16.5. The summed E-state index contributed by atoms with van der Waals surface area (Å²) in [5, 5.41) is 0. The van der Waals surface area contributed by atoms with E-state index in [1.807, 2.05) is 24.3 Å². The van der Waals surface area contributed by atoms with Crippen molar-refractivity contribution in [1.82, 2.24) is 0 Å². The van der Waals surface area contributed by atoms with Crippen molar-refractivity contribution in [3.8, 4) is 0 Å². The molecular weight excluding hydrogens is 256 g/mol. The summed E-state index contributed by atoms with van der Waals surface area (Å²) >= 11 is 0. The van der Waals surface area contributed by atoms with E-state index in [1.165, 1.54) is 0 Å². The van der Waals surface area contributed by atoms with Crippen molar-refractivity contribution in [3.63, 3.8) is 0 Å². The Kier molecular flexibility index (Phi) is 4.89. The summed E-state index contributed by atoms with van der Waals surface area (Å²) in [5.74, 6) is 2.66. The molecule has 0 radical (unpaired) electrons.